The van der Waals surface area contributed by atoms with Gasteiger partial charge in [-0.2, -0.15) is 0 Å². The zero-order chi connectivity index (χ0) is 23.0. The van der Waals surface area contributed by atoms with Gasteiger partial charge in [0.15, 0.2) is 17.9 Å². The number of hydrogen-bond donors (Lipinski definition) is 3. The third kappa shape index (κ3) is 3.30. The van der Waals surface area contributed by atoms with Gasteiger partial charge in [-0.25, -0.2) is 0 Å². The Labute approximate surface area is 185 Å². The second-order valence-corrected chi connectivity index (χ2v) is 7.89. The number of hydrogen-bond acceptors (Lipinski definition) is 6. The molecule has 0 heterocycles. The molecule has 3 aromatic rings. The smallest absolute Gasteiger partial charge is 0.196 e. The van der Waals surface area contributed by atoms with E-state index in [9.17, 15) is 14.4 Å². The zero-order valence-corrected chi connectivity index (χ0v) is 17.7. The number of nitrogens with two attached hydrogens (primary N) is 2. The van der Waals surface area contributed by atoms with Gasteiger partial charge in [-0.05, 0) is 42.7 Å². The molecule has 0 fully saturated rings. The molecule has 0 saturated carbocycles. The van der Waals surface area contributed by atoms with Crippen LogP contribution in [-0.4, -0.2) is 23.6 Å². The van der Waals surface area contributed by atoms with Crippen molar-refractivity contribution in [2.45, 2.75) is 26.2 Å². The van der Waals surface area contributed by atoms with Crippen LogP contribution in [-0.2, 0) is 6.42 Å². The SMILES string of the molecule is CCCCc1ccc(C(=N)c2ccc3c(c2N)C(=O)c2ccc(C=O)c(N)c2C3=O)cc1. The fourth-order valence-electron chi connectivity index (χ4n) is 4.09. The maximum absolute atomic E-state index is 13.2. The third-order valence-electron chi connectivity index (χ3n) is 5.93. The number of nitrogens with one attached hydrogen (secondary N) is 1. The van der Waals surface area contributed by atoms with E-state index >= 15 is 0 Å². The first-order valence-corrected chi connectivity index (χ1v) is 10.5. The van der Waals surface area contributed by atoms with Crippen LogP contribution in [0.3, 0.4) is 0 Å². The highest BCUT2D eigenvalue weighted by Gasteiger charge is 2.34. The van der Waals surface area contributed by atoms with Gasteiger partial charge < -0.3 is 11.5 Å². The number of rotatable bonds is 6. The molecule has 0 aliphatic heterocycles. The molecule has 0 unspecified atom stereocenters. The molecule has 0 atom stereocenters. The monoisotopic (exact) mass is 425 g/mol. The van der Waals surface area contributed by atoms with Crippen LogP contribution < -0.4 is 11.5 Å². The average molecular weight is 425 g/mol. The normalized spacial score (nSPS) is 12.3. The Morgan fingerprint density at radius 2 is 1.47 bits per heavy atom. The molecular formula is C26H23N3O3. The predicted octanol–water partition coefficient (Wildman–Crippen LogP) is 4.20. The van der Waals surface area contributed by atoms with E-state index in [2.05, 4.69) is 6.92 Å². The molecule has 32 heavy (non-hydrogen) atoms. The summed E-state index contributed by atoms with van der Waals surface area (Å²) in [4.78, 5) is 37.6. The van der Waals surface area contributed by atoms with Crippen molar-refractivity contribution < 1.29 is 14.4 Å². The summed E-state index contributed by atoms with van der Waals surface area (Å²) in [5.74, 6) is -0.901. The van der Waals surface area contributed by atoms with E-state index in [1.807, 2.05) is 24.3 Å². The van der Waals surface area contributed by atoms with Gasteiger partial charge in [0, 0.05) is 27.8 Å². The van der Waals surface area contributed by atoms with E-state index in [0.717, 1.165) is 19.3 Å². The van der Waals surface area contributed by atoms with Crippen molar-refractivity contribution in [3.63, 3.8) is 0 Å². The lowest BCUT2D eigenvalue weighted by molar-refractivity contribution is 0.0980. The number of anilines is 2. The van der Waals surface area contributed by atoms with Gasteiger partial charge in [-0.3, -0.25) is 19.8 Å². The fraction of sp³-hybridized carbons (Fsp3) is 0.154. The maximum atomic E-state index is 13.2. The van der Waals surface area contributed by atoms with Gasteiger partial charge >= 0.3 is 0 Å². The highest BCUT2D eigenvalue weighted by atomic mass is 16.1. The van der Waals surface area contributed by atoms with Crippen LogP contribution >= 0.6 is 0 Å². The Hall–Kier alpha value is -4.06. The van der Waals surface area contributed by atoms with Crippen molar-refractivity contribution in [2.24, 2.45) is 0 Å². The molecule has 160 valence electrons. The van der Waals surface area contributed by atoms with Crippen molar-refractivity contribution in [1.82, 2.24) is 0 Å². The van der Waals surface area contributed by atoms with E-state index in [0.29, 0.717) is 17.4 Å². The molecule has 1 aliphatic rings. The topological polar surface area (TPSA) is 127 Å². The number of benzene rings is 3. The van der Waals surface area contributed by atoms with E-state index in [1.54, 1.807) is 6.07 Å². The number of fused-ring (bicyclic) bond motifs is 2. The molecular weight excluding hydrogens is 402 g/mol. The zero-order valence-electron chi connectivity index (χ0n) is 17.7. The average Bonchev–Trinajstić information content (AvgIpc) is 2.80. The number of carbonyl (C=O) groups is 3. The summed E-state index contributed by atoms with van der Waals surface area (Å²) in [5.41, 5.74) is 15.3. The van der Waals surface area contributed by atoms with Gasteiger partial charge in [0.1, 0.15) is 0 Å². The van der Waals surface area contributed by atoms with Gasteiger partial charge in [-0.15, -0.1) is 0 Å². The number of nitrogen functional groups attached to an aromatic ring is 2. The summed E-state index contributed by atoms with van der Waals surface area (Å²) in [7, 11) is 0. The van der Waals surface area contributed by atoms with Crippen LogP contribution in [0.25, 0.3) is 0 Å². The largest absolute Gasteiger partial charge is 0.398 e. The Morgan fingerprint density at radius 3 is 2.06 bits per heavy atom. The maximum Gasteiger partial charge on any atom is 0.196 e. The summed E-state index contributed by atoms with van der Waals surface area (Å²) in [5, 5.41) is 8.65. The van der Waals surface area contributed by atoms with Crippen molar-refractivity contribution in [3.05, 3.63) is 93.0 Å². The highest BCUT2D eigenvalue weighted by Crippen LogP contribution is 2.36. The van der Waals surface area contributed by atoms with Gasteiger partial charge in [-0.1, -0.05) is 37.6 Å². The summed E-state index contributed by atoms with van der Waals surface area (Å²) in [6, 6.07) is 13.6. The third-order valence-corrected chi connectivity index (χ3v) is 5.93. The molecule has 4 rings (SSSR count). The number of ketones is 2. The molecule has 0 bridgehead atoms. The van der Waals surface area contributed by atoms with E-state index in [4.69, 9.17) is 16.9 Å². The molecule has 0 spiro atoms. The quantitative estimate of drug-likeness (QED) is 0.242. The van der Waals surface area contributed by atoms with Crippen molar-refractivity contribution in [3.8, 4) is 0 Å². The summed E-state index contributed by atoms with van der Waals surface area (Å²) in [6.07, 6.45) is 3.75. The lowest BCUT2D eigenvalue weighted by Crippen LogP contribution is -2.25. The van der Waals surface area contributed by atoms with Crippen molar-refractivity contribution in [2.75, 3.05) is 11.5 Å². The predicted molar refractivity (Wildman–Crippen MR) is 125 cm³/mol. The molecule has 0 saturated heterocycles. The minimum absolute atomic E-state index is 0.0138. The lowest BCUT2D eigenvalue weighted by atomic mass is 9.80. The second-order valence-electron chi connectivity index (χ2n) is 7.89. The van der Waals surface area contributed by atoms with Crippen molar-refractivity contribution >= 4 is 34.9 Å². The summed E-state index contributed by atoms with van der Waals surface area (Å²) in [6.45, 7) is 2.14. The molecule has 6 nitrogen and oxygen atoms in total. The van der Waals surface area contributed by atoms with Gasteiger partial charge in [0.2, 0.25) is 0 Å². The fourth-order valence-corrected chi connectivity index (χ4v) is 4.09. The minimum atomic E-state index is -0.458. The van der Waals surface area contributed by atoms with E-state index in [-0.39, 0.29) is 44.9 Å². The lowest BCUT2D eigenvalue weighted by Gasteiger charge is -2.22. The molecule has 1 aliphatic carbocycles. The van der Waals surface area contributed by atoms with Gasteiger partial charge in [0.05, 0.1) is 28.2 Å². The Kier molecular flexibility index (Phi) is 5.45. The van der Waals surface area contributed by atoms with Crippen LogP contribution in [0.2, 0.25) is 0 Å². The van der Waals surface area contributed by atoms with Crippen molar-refractivity contribution in [1.29, 1.82) is 5.41 Å². The molecule has 0 radical (unpaired) electrons. The van der Waals surface area contributed by atoms with E-state index in [1.165, 1.54) is 23.8 Å². The standard InChI is InChI=1S/C26H23N3O3/c1-2-3-4-14-5-7-15(8-6-14)22(27)19-12-11-18-21(24(19)29)26(32)17-10-9-16(13-30)23(28)20(17)25(18)31/h5-13,27H,2-4,28-29H2,1H3. The van der Waals surface area contributed by atoms with E-state index < -0.39 is 11.6 Å². The highest BCUT2D eigenvalue weighted by molar-refractivity contribution is 6.33. The molecule has 0 aromatic heterocycles. The van der Waals surface area contributed by atoms with Gasteiger partial charge in [0.25, 0.3) is 0 Å². The summed E-state index contributed by atoms with van der Waals surface area (Å²) >= 11 is 0. The van der Waals surface area contributed by atoms with Crippen LogP contribution in [0.5, 0.6) is 0 Å². The second kappa shape index (κ2) is 8.23. The molecule has 5 N–H and O–H groups in total. The Bertz CT molecular complexity index is 1290. The number of carbonyl (C=O) groups excluding carboxylic acids is 3. The number of aryl methyl sites for hydroxylation is 1. The number of aldehydes is 1. The molecule has 3 aromatic carbocycles. The van der Waals surface area contributed by atoms with Crippen LogP contribution in [0.1, 0.15) is 78.7 Å². The Morgan fingerprint density at radius 1 is 0.875 bits per heavy atom. The first-order chi connectivity index (χ1) is 15.4. The first-order valence-electron chi connectivity index (χ1n) is 10.5. The van der Waals surface area contributed by atoms with Crippen LogP contribution in [0.15, 0.2) is 48.5 Å². The molecule has 6 heteroatoms. The van der Waals surface area contributed by atoms with Crippen LogP contribution in [0, 0.1) is 5.41 Å². The summed E-state index contributed by atoms with van der Waals surface area (Å²) < 4.78 is 0. The number of unbranched alkanes of at least 4 members (excludes halogenated alkanes) is 1. The molecule has 0 amide bonds. The first kappa shape index (κ1) is 21.2. The minimum Gasteiger partial charge on any atom is -0.398 e. The van der Waals surface area contributed by atoms with Crippen LogP contribution in [0.4, 0.5) is 11.4 Å². The Balaban J connectivity index is 1.76.